The minimum atomic E-state index is -2.81. The second kappa shape index (κ2) is 15.3. The van der Waals surface area contributed by atoms with Crippen LogP contribution < -0.4 is 0 Å². The smallest absolute Gasteiger partial charge is 0.340 e. The minimum Gasteiger partial charge on any atom is -0.465 e. The Hall–Kier alpha value is -5.17. The Balaban J connectivity index is 2.01. The van der Waals surface area contributed by atoms with Crippen molar-refractivity contribution in [3.8, 4) is 0 Å². The Morgan fingerprint density at radius 2 is 1.30 bits per heavy atom. The minimum absolute atomic E-state index is 0.0422. The molecule has 2 aliphatic carbocycles. The molecule has 0 aromatic carbocycles. The highest BCUT2D eigenvalue weighted by Gasteiger charge is 2.92. The number of carbonyl (C=O) groups excluding carboxylic acids is 8. The number of rotatable bonds is 7. The fraction of sp³-hybridized carbons (Fsp3) is 0.658. The van der Waals surface area contributed by atoms with Crippen molar-refractivity contribution in [2.75, 3.05) is 13.2 Å². The summed E-state index contributed by atoms with van der Waals surface area (Å²) < 4.78 is 54.3. The molecular formula is C38H47NO18. The molecule has 19 nitrogen and oxygen atoms in total. The number of nitrogens with zero attached hydrogens (tertiary/aromatic N) is 1. The summed E-state index contributed by atoms with van der Waals surface area (Å²) in [5.74, 6) is -11.5. The lowest BCUT2D eigenvalue weighted by atomic mass is 9.45. The molecular weight excluding hydrogens is 758 g/mol. The van der Waals surface area contributed by atoms with Crippen LogP contribution in [-0.4, -0.2) is 124 Å². The molecule has 5 rings (SSSR count). The van der Waals surface area contributed by atoms with Gasteiger partial charge < -0.3 is 47.7 Å². The quantitative estimate of drug-likeness (QED) is 0.298. The Bertz CT molecular complexity index is 1860. The number of cyclic esters (lactones) is 1. The van der Waals surface area contributed by atoms with Gasteiger partial charge in [0.1, 0.15) is 42.0 Å². The molecule has 1 aromatic rings. The molecule has 2 aliphatic heterocycles. The van der Waals surface area contributed by atoms with Crippen LogP contribution in [0, 0.1) is 17.3 Å². The molecule has 3 heterocycles. The van der Waals surface area contributed by atoms with Crippen LogP contribution in [0.25, 0.3) is 0 Å². The van der Waals surface area contributed by atoms with E-state index in [9.17, 15) is 43.5 Å². The Kier molecular flexibility index (Phi) is 11.5. The molecule has 1 saturated heterocycles. The van der Waals surface area contributed by atoms with Crippen molar-refractivity contribution in [2.24, 2.45) is 17.3 Å². The van der Waals surface area contributed by atoms with E-state index in [1.807, 2.05) is 0 Å². The molecule has 2 saturated carbocycles. The van der Waals surface area contributed by atoms with Crippen LogP contribution in [0.3, 0.4) is 0 Å². The standard InChI is InChI=1S/C38H47NO18/c1-16-17(2)33(46)56-30-28(52-20(5)42)32(55-23(8)45)37(15-49-18(3)40)31(54-22(7)44)27(51-19(4)41)26-29(53-21(6)43)38(37,36(30,10)48)57-35(26,9)14-50-34(47)25-13-39-12-11-24(16)25/h11-13,16-17,26-32,48H,14-15H2,1-10H3/t16-,17+,26-,27+,28-,29+,30-,31+,32-,35-,36-,37+,38-/m0/s1. The monoisotopic (exact) mass is 805 g/mol. The van der Waals surface area contributed by atoms with Crippen LogP contribution in [0.4, 0.5) is 0 Å². The first-order chi connectivity index (χ1) is 26.5. The van der Waals surface area contributed by atoms with Gasteiger partial charge in [-0.3, -0.25) is 38.5 Å². The Morgan fingerprint density at radius 1 is 0.772 bits per heavy atom. The summed E-state index contributed by atoms with van der Waals surface area (Å²) in [7, 11) is 0. The van der Waals surface area contributed by atoms with E-state index in [-0.39, 0.29) is 5.56 Å². The number of ether oxygens (including phenoxy) is 9. The maximum atomic E-state index is 14.4. The topological polar surface area (TPSA) is 253 Å². The van der Waals surface area contributed by atoms with Crippen LogP contribution in [0.5, 0.6) is 0 Å². The Labute approximate surface area is 327 Å². The SMILES string of the molecule is CC(=O)OC[C@]12[C@H](OC(C)=O)[C@H](OC(C)=O)[C@H]3[C@@H](OC(C)=O)[C@@]14O[C@@]3(C)COC(=O)c1cnccc1[C@@H](C)[C@@H](C)C(=O)O[C@@H]([C@H](OC(C)=O)[C@@H]2OC(C)=O)[C@]4(C)O. The zero-order valence-electron chi connectivity index (χ0n) is 33.2. The second-order valence-electron chi connectivity index (χ2n) is 15.4. The van der Waals surface area contributed by atoms with Gasteiger partial charge in [-0.1, -0.05) is 13.8 Å². The number of aliphatic hydroxyl groups is 1. The number of fused-ring (bicyclic) bond motifs is 5. The predicted molar refractivity (Wildman–Crippen MR) is 185 cm³/mol. The molecule has 57 heavy (non-hydrogen) atoms. The van der Waals surface area contributed by atoms with Gasteiger partial charge in [-0.2, -0.15) is 0 Å². The van der Waals surface area contributed by atoms with Gasteiger partial charge in [-0.15, -0.1) is 0 Å². The van der Waals surface area contributed by atoms with Gasteiger partial charge in [-0.25, -0.2) is 4.79 Å². The lowest BCUT2D eigenvalue weighted by Crippen LogP contribution is -2.89. The molecule has 0 unspecified atom stereocenters. The largest absolute Gasteiger partial charge is 0.465 e. The first-order valence-electron chi connectivity index (χ1n) is 18.2. The summed E-state index contributed by atoms with van der Waals surface area (Å²) in [6, 6.07) is 1.50. The molecule has 1 aromatic heterocycles. The third-order valence-corrected chi connectivity index (χ3v) is 11.5. The maximum absolute atomic E-state index is 14.4. The molecule has 0 radical (unpaired) electrons. The highest BCUT2D eigenvalue weighted by atomic mass is 16.7. The summed E-state index contributed by atoms with van der Waals surface area (Å²) in [5, 5.41) is 13.4. The lowest BCUT2D eigenvalue weighted by Gasteiger charge is -2.67. The number of pyridine rings is 1. The number of aromatic nitrogens is 1. The summed E-state index contributed by atoms with van der Waals surface area (Å²) in [6.07, 6.45) is -9.28. The van der Waals surface area contributed by atoms with Gasteiger partial charge in [0, 0.05) is 53.9 Å². The molecule has 1 N–H and O–H groups in total. The highest BCUT2D eigenvalue weighted by molar-refractivity contribution is 5.91. The van der Waals surface area contributed by atoms with Crippen LogP contribution >= 0.6 is 0 Å². The average molecular weight is 806 g/mol. The molecule has 19 heteroatoms. The first-order valence-corrected chi connectivity index (χ1v) is 18.2. The van der Waals surface area contributed by atoms with Crippen molar-refractivity contribution in [2.45, 2.75) is 129 Å². The zero-order chi connectivity index (χ0) is 42.6. The fourth-order valence-electron chi connectivity index (χ4n) is 9.30. The predicted octanol–water partition coefficient (Wildman–Crippen LogP) is 1.03. The van der Waals surface area contributed by atoms with E-state index in [4.69, 9.17) is 42.6 Å². The summed E-state index contributed by atoms with van der Waals surface area (Å²) in [4.78, 5) is 111. The fourth-order valence-corrected chi connectivity index (χ4v) is 9.30. The van der Waals surface area contributed by atoms with Crippen molar-refractivity contribution >= 4 is 47.8 Å². The third kappa shape index (κ3) is 6.97. The van der Waals surface area contributed by atoms with Gasteiger partial charge in [0.2, 0.25) is 0 Å². The van der Waals surface area contributed by atoms with Crippen LogP contribution in [-0.2, 0) is 76.2 Å². The molecule has 4 bridgehead atoms. The molecule has 4 aliphatic rings. The molecule has 0 amide bonds. The molecule has 312 valence electrons. The lowest BCUT2D eigenvalue weighted by molar-refractivity contribution is -0.387. The number of hydrogen-bond acceptors (Lipinski definition) is 19. The number of esters is 8. The van der Waals surface area contributed by atoms with Gasteiger partial charge >= 0.3 is 47.8 Å². The summed E-state index contributed by atoms with van der Waals surface area (Å²) in [5.41, 5.74) is -9.91. The average Bonchev–Trinajstić information content (AvgIpc) is 3.32. The van der Waals surface area contributed by atoms with E-state index in [0.29, 0.717) is 5.56 Å². The number of carbonyl (C=O) groups is 8. The Morgan fingerprint density at radius 3 is 1.84 bits per heavy atom. The van der Waals surface area contributed by atoms with E-state index >= 15 is 0 Å². The summed E-state index contributed by atoms with van der Waals surface area (Å²) in [6.45, 7) is 9.73. The van der Waals surface area contributed by atoms with Crippen molar-refractivity contribution in [3.05, 3.63) is 29.6 Å². The van der Waals surface area contributed by atoms with E-state index < -0.39 is 138 Å². The van der Waals surface area contributed by atoms with E-state index in [1.165, 1.54) is 32.3 Å². The van der Waals surface area contributed by atoms with Crippen molar-refractivity contribution in [3.63, 3.8) is 0 Å². The third-order valence-electron chi connectivity index (χ3n) is 11.5. The van der Waals surface area contributed by atoms with Gasteiger partial charge in [0.05, 0.1) is 17.4 Å². The zero-order valence-corrected chi connectivity index (χ0v) is 33.2. The van der Waals surface area contributed by atoms with Crippen molar-refractivity contribution < 1.29 is 86.1 Å². The van der Waals surface area contributed by atoms with E-state index in [0.717, 1.165) is 48.5 Å². The second-order valence-corrected chi connectivity index (χ2v) is 15.4. The van der Waals surface area contributed by atoms with Crippen molar-refractivity contribution in [1.82, 2.24) is 4.98 Å². The first kappa shape index (κ1) is 43.0. The van der Waals surface area contributed by atoms with Gasteiger partial charge in [0.25, 0.3) is 0 Å². The van der Waals surface area contributed by atoms with Crippen molar-refractivity contribution in [1.29, 1.82) is 0 Å². The number of hydrogen-bond donors (Lipinski definition) is 1. The molecule has 3 fully saturated rings. The maximum Gasteiger partial charge on any atom is 0.340 e. The van der Waals surface area contributed by atoms with Crippen LogP contribution in [0.1, 0.15) is 91.1 Å². The van der Waals surface area contributed by atoms with Crippen LogP contribution in [0.2, 0.25) is 0 Å². The van der Waals surface area contributed by atoms with E-state index in [2.05, 4.69) is 4.98 Å². The van der Waals surface area contributed by atoms with Crippen LogP contribution in [0.15, 0.2) is 18.5 Å². The molecule has 13 atom stereocenters. The molecule has 1 spiro atoms. The van der Waals surface area contributed by atoms with Gasteiger partial charge in [-0.05, 0) is 31.4 Å². The van der Waals surface area contributed by atoms with Gasteiger partial charge in [0.15, 0.2) is 30.0 Å². The van der Waals surface area contributed by atoms with E-state index in [1.54, 1.807) is 6.92 Å². The normalized spacial score (nSPS) is 38.2. The highest BCUT2D eigenvalue weighted by Crippen LogP contribution is 2.70. The summed E-state index contributed by atoms with van der Waals surface area (Å²) >= 11 is 0.